The predicted molar refractivity (Wildman–Crippen MR) is 77.4 cm³/mol. The zero-order chi connectivity index (χ0) is 14.8. The molecule has 0 aliphatic carbocycles. The van der Waals surface area contributed by atoms with Crippen LogP contribution in [0.2, 0.25) is 0 Å². The smallest absolute Gasteiger partial charge is 0.414 e. The summed E-state index contributed by atoms with van der Waals surface area (Å²) >= 11 is 0. The first-order chi connectivity index (χ1) is 9.43. The first-order valence-corrected chi connectivity index (χ1v) is 8.08. The van der Waals surface area contributed by atoms with Gasteiger partial charge >= 0.3 is 6.09 Å². The zero-order valence-electron chi connectivity index (χ0n) is 11.4. The first kappa shape index (κ1) is 14.6. The van der Waals surface area contributed by atoms with Crippen molar-refractivity contribution in [3.63, 3.8) is 0 Å². The maximum atomic E-state index is 12.1. The summed E-state index contributed by atoms with van der Waals surface area (Å²) in [7, 11) is -3.24. The van der Waals surface area contributed by atoms with Crippen LogP contribution in [0.15, 0.2) is 35.7 Å². The molecule has 2 rings (SSSR count). The molecule has 0 fully saturated rings. The molecule has 0 aromatic heterocycles. The largest absolute Gasteiger partial charge is 0.449 e. The molecule has 6 heteroatoms. The summed E-state index contributed by atoms with van der Waals surface area (Å²) in [6.45, 7) is 3.90. The van der Waals surface area contributed by atoms with Crippen LogP contribution in [-0.4, -0.2) is 32.9 Å². The summed E-state index contributed by atoms with van der Waals surface area (Å²) in [6.07, 6.45) is 0.981. The number of anilines is 1. The Hall–Kier alpha value is -1.82. The van der Waals surface area contributed by atoms with Crippen molar-refractivity contribution in [3.05, 3.63) is 41.3 Å². The zero-order valence-corrected chi connectivity index (χ0v) is 12.3. The quantitative estimate of drug-likeness (QED) is 0.858. The maximum Gasteiger partial charge on any atom is 0.414 e. The van der Waals surface area contributed by atoms with Gasteiger partial charge in [0, 0.05) is 11.1 Å². The lowest BCUT2D eigenvalue weighted by Crippen LogP contribution is -2.41. The molecule has 1 aromatic carbocycles. The van der Waals surface area contributed by atoms with E-state index in [0.717, 1.165) is 11.0 Å². The van der Waals surface area contributed by atoms with E-state index in [-0.39, 0.29) is 12.4 Å². The van der Waals surface area contributed by atoms with Gasteiger partial charge in [-0.3, -0.25) is 4.90 Å². The van der Waals surface area contributed by atoms with Gasteiger partial charge in [-0.25, -0.2) is 13.2 Å². The van der Waals surface area contributed by atoms with Gasteiger partial charge in [-0.2, -0.15) is 0 Å². The number of hydrogen-bond acceptors (Lipinski definition) is 4. The molecular weight excluding hydrogens is 278 g/mol. The summed E-state index contributed by atoms with van der Waals surface area (Å²) in [5.41, 5.74) is 1.69. The van der Waals surface area contributed by atoms with Crippen LogP contribution >= 0.6 is 0 Å². The highest BCUT2D eigenvalue weighted by Crippen LogP contribution is 2.24. The van der Waals surface area contributed by atoms with Gasteiger partial charge in [-0.1, -0.05) is 17.7 Å². The first-order valence-electron chi connectivity index (χ1n) is 6.36. The van der Waals surface area contributed by atoms with Gasteiger partial charge in [-0.05, 0) is 32.1 Å². The Morgan fingerprint density at radius 3 is 2.50 bits per heavy atom. The van der Waals surface area contributed by atoms with Crippen molar-refractivity contribution in [2.45, 2.75) is 19.9 Å². The monoisotopic (exact) mass is 295 g/mol. The molecule has 0 saturated carbocycles. The summed E-state index contributed by atoms with van der Waals surface area (Å²) in [6, 6.07) is 6.78. The van der Waals surface area contributed by atoms with Crippen LogP contribution in [0.1, 0.15) is 12.5 Å². The van der Waals surface area contributed by atoms with Crippen molar-refractivity contribution in [1.29, 1.82) is 0 Å². The number of benzene rings is 1. The van der Waals surface area contributed by atoms with Gasteiger partial charge in [0.1, 0.15) is 0 Å². The van der Waals surface area contributed by atoms with Crippen molar-refractivity contribution < 1.29 is 17.9 Å². The molecule has 1 aromatic rings. The van der Waals surface area contributed by atoms with E-state index in [4.69, 9.17) is 4.74 Å². The second-order valence-corrected chi connectivity index (χ2v) is 6.56. The molecule has 1 heterocycles. The highest BCUT2D eigenvalue weighted by atomic mass is 32.2. The Bertz CT molecular complexity index is 619. The van der Waals surface area contributed by atoms with E-state index in [1.807, 2.05) is 19.1 Å². The summed E-state index contributed by atoms with van der Waals surface area (Å²) < 4.78 is 28.1. The number of ether oxygens (including phenoxy) is 1. The van der Waals surface area contributed by atoms with E-state index in [9.17, 15) is 13.2 Å². The van der Waals surface area contributed by atoms with Gasteiger partial charge in [0.15, 0.2) is 9.84 Å². The minimum Gasteiger partial charge on any atom is -0.449 e. The third-order valence-electron chi connectivity index (χ3n) is 3.02. The summed E-state index contributed by atoms with van der Waals surface area (Å²) in [4.78, 5) is 13.5. The third kappa shape index (κ3) is 3.19. The molecule has 0 bridgehead atoms. The topological polar surface area (TPSA) is 63.7 Å². The lowest BCUT2D eigenvalue weighted by molar-refractivity contribution is 0.159. The molecule has 0 spiro atoms. The Morgan fingerprint density at radius 1 is 1.35 bits per heavy atom. The highest BCUT2D eigenvalue weighted by molar-refractivity contribution is 7.94. The molecule has 1 amide bonds. The third-order valence-corrected chi connectivity index (χ3v) is 4.40. The molecule has 0 N–H and O–H groups in total. The number of amides is 1. The molecule has 1 atom stereocenters. The molecule has 1 aliphatic heterocycles. The van der Waals surface area contributed by atoms with E-state index in [0.29, 0.717) is 5.69 Å². The minimum atomic E-state index is -3.24. The van der Waals surface area contributed by atoms with E-state index < -0.39 is 22.0 Å². The minimum absolute atomic E-state index is 0.111. The van der Waals surface area contributed by atoms with Crippen LogP contribution in [0.3, 0.4) is 0 Å². The average Bonchev–Trinajstić information content (AvgIpc) is 2.73. The van der Waals surface area contributed by atoms with Crippen molar-refractivity contribution in [3.8, 4) is 0 Å². The SMILES string of the molecule is CCOC(=O)N(c1ccc(C)cc1)C1C=CS(=O)(=O)C1. The molecule has 0 saturated heterocycles. The molecule has 108 valence electrons. The van der Waals surface area contributed by atoms with Gasteiger partial charge in [0.25, 0.3) is 0 Å². The Labute approximate surface area is 118 Å². The molecule has 0 radical (unpaired) electrons. The van der Waals surface area contributed by atoms with Crippen molar-refractivity contribution in [2.24, 2.45) is 0 Å². The normalized spacial score (nSPS) is 19.8. The maximum absolute atomic E-state index is 12.1. The van der Waals surface area contributed by atoms with Crippen LogP contribution in [0, 0.1) is 6.92 Å². The van der Waals surface area contributed by atoms with Crippen molar-refractivity contribution in [2.75, 3.05) is 17.3 Å². The second-order valence-electron chi connectivity index (χ2n) is 4.63. The molecule has 1 aliphatic rings. The summed E-state index contributed by atoms with van der Waals surface area (Å²) in [5, 5.41) is 1.15. The molecule has 5 nitrogen and oxygen atoms in total. The van der Waals surface area contributed by atoms with Crippen LogP contribution in [0.4, 0.5) is 10.5 Å². The Balaban J connectivity index is 2.33. The van der Waals surface area contributed by atoms with Crippen LogP contribution in [0.5, 0.6) is 0 Å². The van der Waals surface area contributed by atoms with Crippen molar-refractivity contribution >= 4 is 21.6 Å². The molecule has 1 unspecified atom stereocenters. The van der Waals surface area contributed by atoms with Crippen LogP contribution in [0.25, 0.3) is 0 Å². The molecular formula is C14H17NO4S. The number of carbonyl (C=O) groups is 1. The second kappa shape index (κ2) is 5.66. The number of rotatable bonds is 3. The van der Waals surface area contributed by atoms with E-state index in [1.165, 1.54) is 11.0 Å². The van der Waals surface area contributed by atoms with Gasteiger partial charge in [0.05, 0.1) is 18.4 Å². The van der Waals surface area contributed by atoms with E-state index in [2.05, 4.69) is 0 Å². The lowest BCUT2D eigenvalue weighted by Gasteiger charge is -2.26. The fraction of sp³-hybridized carbons (Fsp3) is 0.357. The summed E-state index contributed by atoms with van der Waals surface area (Å²) in [5.74, 6) is -0.111. The van der Waals surface area contributed by atoms with Gasteiger partial charge < -0.3 is 4.74 Å². The fourth-order valence-corrected chi connectivity index (χ4v) is 3.32. The Morgan fingerprint density at radius 2 is 2.00 bits per heavy atom. The highest BCUT2D eigenvalue weighted by Gasteiger charge is 2.32. The molecule has 20 heavy (non-hydrogen) atoms. The number of hydrogen-bond donors (Lipinski definition) is 0. The lowest BCUT2D eigenvalue weighted by atomic mass is 10.2. The van der Waals surface area contributed by atoms with Gasteiger partial charge in [0.2, 0.25) is 0 Å². The van der Waals surface area contributed by atoms with Crippen LogP contribution < -0.4 is 4.90 Å². The van der Waals surface area contributed by atoms with E-state index >= 15 is 0 Å². The number of carbonyl (C=O) groups excluding carboxylic acids is 1. The van der Waals surface area contributed by atoms with E-state index in [1.54, 1.807) is 19.1 Å². The van der Waals surface area contributed by atoms with Crippen molar-refractivity contribution in [1.82, 2.24) is 0 Å². The standard InChI is InChI=1S/C14H17NO4S/c1-3-19-14(16)15(12-6-4-11(2)5-7-12)13-8-9-20(17,18)10-13/h4-9,13H,3,10H2,1-2H3. The number of aryl methyl sites for hydroxylation is 1. The number of nitrogens with zero attached hydrogens (tertiary/aromatic N) is 1. The fourth-order valence-electron chi connectivity index (χ4n) is 2.05. The van der Waals surface area contributed by atoms with Gasteiger partial charge in [-0.15, -0.1) is 0 Å². The van der Waals surface area contributed by atoms with Crippen LogP contribution in [-0.2, 0) is 14.6 Å². The number of sulfone groups is 1. The average molecular weight is 295 g/mol. The Kier molecular flexibility index (Phi) is 4.13. The predicted octanol–water partition coefficient (Wildman–Crippen LogP) is 2.27.